The van der Waals surface area contributed by atoms with Gasteiger partial charge in [0.15, 0.2) is 0 Å². The van der Waals surface area contributed by atoms with Crippen molar-refractivity contribution in [1.29, 1.82) is 5.26 Å². The number of aromatic nitrogens is 4. The summed E-state index contributed by atoms with van der Waals surface area (Å²) in [6, 6.07) is 17.2. The Morgan fingerprint density at radius 3 is 2.69 bits per heavy atom. The van der Waals surface area contributed by atoms with Gasteiger partial charge < -0.3 is 5.73 Å². The van der Waals surface area contributed by atoms with Crippen molar-refractivity contribution < 1.29 is 0 Å². The number of aryl methyl sites for hydroxylation is 1. The van der Waals surface area contributed by atoms with Gasteiger partial charge >= 0.3 is 0 Å². The van der Waals surface area contributed by atoms with E-state index >= 15 is 0 Å². The minimum Gasteiger partial charge on any atom is -0.325 e. The molecule has 5 aromatic rings. The van der Waals surface area contributed by atoms with Gasteiger partial charge in [-0.25, -0.2) is 5.10 Å². The van der Waals surface area contributed by atoms with Crippen LogP contribution in [0.5, 0.6) is 0 Å². The quantitative estimate of drug-likeness (QED) is 0.438. The first-order valence-electron chi connectivity index (χ1n) is 9.89. The summed E-state index contributed by atoms with van der Waals surface area (Å²) < 4.78 is 1.74. The highest BCUT2D eigenvalue weighted by Gasteiger charge is 2.19. The number of nitrogens with two attached hydrogens (primary N) is 1. The molecule has 3 aromatic carbocycles. The summed E-state index contributed by atoms with van der Waals surface area (Å²) >= 11 is 6.35. The monoisotopic (exact) mass is 440 g/mol. The van der Waals surface area contributed by atoms with Crippen molar-refractivity contribution >= 4 is 33.1 Å². The number of nitrogens with one attached hydrogen (secondary N) is 1. The molecule has 0 saturated heterocycles. The number of fused-ring (bicyclic) bond motifs is 2. The fraction of sp³-hybridized carbons (Fsp3) is 0.0833. The molecule has 0 fully saturated rings. The summed E-state index contributed by atoms with van der Waals surface area (Å²) in [6.07, 6.45) is 1.75. The second-order valence-electron chi connectivity index (χ2n) is 7.43. The van der Waals surface area contributed by atoms with Crippen molar-refractivity contribution in [3.05, 3.63) is 81.4 Å². The molecule has 0 radical (unpaired) electrons. The number of H-pyrrole nitrogens is 1. The molecule has 0 amide bonds. The smallest absolute Gasteiger partial charge is 0.272 e. The molecule has 0 aliphatic rings. The van der Waals surface area contributed by atoms with Gasteiger partial charge in [0.1, 0.15) is 6.07 Å². The van der Waals surface area contributed by atoms with Gasteiger partial charge in [-0.1, -0.05) is 41.9 Å². The fourth-order valence-corrected chi connectivity index (χ4v) is 4.39. The third-order valence-corrected chi connectivity index (χ3v) is 6.02. The summed E-state index contributed by atoms with van der Waals surface area (Å²) in [7, 11) is 1.83. The molecule has 5 rings (SSSR count). The van der Waals surface area contributed by atoms with E-state index in [1.54, 1.807) is 23.0 Å². The SMILES string of the molecule is Cn1ncc(-c2ccc3c(=O)[nH]nc(CN)c3c2)c1-c1ccc2c(Cl)cccc2c1C#N. The Morgan fingerprint density at radius 1 is 1.09 bits per heavy atom. The predicted octanol–water partition coefficient (Wildman–Crippen LogP) is 4.13. The van der Waals surface area contributed by atoms with Gasteiger partial charge in [-0.05, 0) is 23.8 Å². The molecule has 7 nitrogen and oxygen atoms in total. The second kappa shape index (κ2) is 7.61. The van der Waals surface area contributed by atoms with E-state index in [1.807, 2.05) is 43.4 Å². The molecule has 0 aliphatic heterocycles. The molecular weight excluding hydrogens is 424 g/mol. The highest BCUT2D eigenvalue weighted by atomic mass is 35.5. The highest BCUT2D eigenvalue weighted by Crippen LogP contribution is 2.38. The van der Waals surface area contributed by atoms with E-state index in [4.69, 9.17) is 17.3 Å². The van der Waals surface area contributed by atoms with Crippen LogP contribution in [0, 0.1) is 11.3 Å². The number of nitriles is 1. The second-order valence-corrected chi connectivity index (χ2v) is 7.84. The molecule has 2 aromatic heterocycles. The summed E-state index contributed by atoms with van der Waals surface area (Å²) in [5.74, 6) is 0. The molecule has 32 heavy (non-hydrogen) atoms. The summed E-state index contributed by atoms with van der Waals surface area (Å²) in [6.45, 7) is 0.195. The van der Waals surface area contributed by atoms with Gasteiger partial charge in [-0.2, -0.15) is 15.5 Å². The van der Waals surface area contributed by atoms with E-state index in [9.17, 15) is 10.1 Å². The zero-order chi connectivity index (χ0) is 22.4. The zero-order valence-corrected chi connectivity index (χ0v) is 17.8. The van der Waals surface area contributed by atoms with Gasteiger partial charge in [0.05, 0.1) is 28.5 Å². The molecule has 0 aliphatic carbocycles. The summed E-state index contributed by atoms with van der Waals surface area (Å²) in [5, 5.41) is 24.4. The molecular formula is C24H17ClN6O. The molecule has 0 spiro atoms. The van der Waals surface area contributed by atoms with Crippen LogP contribution in [0.1, 0.15) is 11.3 Å². The van der Waals surface area contributed by atoms with Crippen LogP contribution in [0.4, 0.5) is 0 Å². The first kappa shape index (κ1) is 19.9. The van der Waals surface area contributed by atoms with Crippen LogP contribution in [0.2, 0.25) is 5.02 Å². The average molecular weight is 441 g/mol. The van der Waals surface area contributed by atoms with Gasteiger partial charge in [0.25, 0.3) is 5.56 Å². The van der Waals surface area contributed by atoms with Crippen molar-refractivity contribution in [3.63, 3.8) is 0 Å². The van der Waals surface area contributed by atoms with Gasteiger partial charge in [0.2, 0.25) is 0 Å². The predicted molar refractivity (Wildman–Crippen MR) is 125 cm³/mol. The van der Waals surface area contributed by atoms with Crippen molar-refractivity contribution in [2.24, 2.45) is 12.8 Å². The third-order valence-electron chi connectivity index (χ3n) is 5.69. The standard InChI is InChI=1S/C24H17ClN6O/c1-31-23(16-8-7-15-14(19(16)10-26)3-2-4-21(15)25)20(12-28-31)13-5-6-17-18(9-13)22(11-27)29-30-24(17)32/h2-9,12H,11,27H2,1H3,(H,30,32). The van der Waals surface area contributed by atoms with E-state index in [0.717, 1.165) is 33.2 Å². The van der Waals surface area contributed by atoms with Crippen molar-refractivity contribution in [3.8, 4) is 28.5 Å². The lowest BCUT2D eigenvalue weighted by atomic mass is 9.93. The third kappa shape index (κ3) is 2.97. The zero-order valence-electron chi connectivity index (χ0n) is 17.1. The van der Waals surface area contributed by atoms with Crippen LogP contribution in [0.3, 0.4) is 0 Å². The maximum Gasteiger partial charge on any atom is 0.272 e. The fourth-order valence-electron chi connectivity index (χ4n) is 4.15. The number of aromatic amines is 1. The maximum absolute atomic E-state index is 12.2. The normalized spacial score (nSPS) is 11.2. The molecule has 0 saturated carbocycles. The van der Waals surface area contributed by atoms with Gasteiger partial charge in [0, 0.05) is 45.9 Å². The van der Waals surface area contributed by atoms with Crippen LogP contribution in [-0.2, 0) is 13.6 Å². The summed E-state index contributed by atoms with van der Waals surface area (Å²) in [5.41, 5.74) is 9.90. The number of nitrogens with zero attached hydrogens (tertiary/aromatic N) is 4. The van der Waals surface area contributed by atoms with E-state index in [1.165, 1.54) is 0 Å². The number of rotatable bonds is 3. The van der Waals surface area contributed by atoms with Crippen LogP contribution in [0.25, 0.3) is 43.9 Å². The average Bonchev–Trinajstić information content (AvgIpc) is 3.19. The molecule has 8 heteroatoms. The Kier molecular flexibility index (Phi) is 4.74. The van der Waals surface area contributed by atoms with E-state index in [-0.39, 0.29) is 12.1 Å². The highest BCUT2D eigenvalue weighted by molar-refractivity contribution is 6.35. The number of halogens is 1. The lowest BCUT2D eigenvalue weighted by Gasteiger charge is -2.12. The Morgan fingerprint density at radius 2 is 1.91 bits per heavy atom. The van der Waals surface area contributed by atoms with Crippen molar-refractivity contribution in [2.45, 2.75) is 6.54 Å². The molecule has 0 bridgehead atoms. The minimum atomic E-state index is -0.270. The van der Waals surface area contributed by atoms with E-state index in [0.29, 0.717) is 27.1 Å². The Hall–Kier alpha value is -3.99. The lowest BCUT2D eigenvalue weighted by molar-refractivity contribution is 0.776. The Labute approximate surface area is 187 Å². The van der Waals surface area contributed by atoms with Crippen LogP contribution < -0.4 is 11.3 Å². The number of hydrogen-bond donors (Lipinski definition) is 2. The lowest BCUT2D eigenvalue weighted by Crippen LogP contribution is -2.13. The minimum absolute atomic E-state index is 0.195. The van der Waals surface area contributed by atoms with Crippen molar-refractivity contribution in [2.75, 3.05) is 0 Å². The molecule has 2 heterocycles. The summed E-state index contributed by atoms with van der Waals surface area (Å²) in [4.78, 5) is 12.2. The molecule has 0 unspecified atom stereocenters. The Balaban J connectivity index is 1.79. The first-order chi connectivity index (χ1) is 15.5. The topological polar surface area (TPSA) is 113 Å². The van der Waals surface area contributed by atoms with Crippen LogP contribution in [-0.4, -0.2) is 20.0 Å². The van der Waals surface area contributed by atoms with Crippen LogP contribution >= 0.6 is 11.6 Å². The molecule has 156 valence electrons. The first-order valence-corrected chi connectivity index (χ1v) is 10.3. The Bertz CT molecular complexity index is 1630. The van der Waals surface area contributed by atoms with Crippen molar-refractivity contribution in [1.82, 2.24) is 20.0 Å². The van der Waals surface area contributed by atoms with Gasteiger partial charge in [-0.3, -0.25) is 9.48 Å². The number of benzene rings is 3. The molecule has 0 atom stereocenters. The maximum atomic E-state index is 12.2. The molecule has 3 N–H and O–H groups in total. The van der Waals surface area contributed by atoms with E-state index < -0.39 is 0 Å². The van der Waals surface area contributed by atoms with Crippen LogP contribution in [0.15, 0.2) is 59.5 Å². The largest absolute Gasteiger partial charge is 0.325 e. The number of hydrogen-bond acceptors (Lipinski definition) is 5. The van der Waals surface area contributed by atoms with Gasteiger partial charge in [-0.15, -0.1) is 0 Å². The van der Waals surface area contributed by atoms with E-state index in [2.05, 4.69) is 21.4 Å².